The number of hydrogen-bond donors (Lipinski definition) is 1. The summed E-state index contributed by atoms with van der Waals surface area (Å²) in [6.45, 7) is 10.5. The number of fused-ring (bicyclic) bond motifs is 1. The Kier molecular flexibility index (Phi) is 3.53. The first-order chi connectivity index (χ1) is 8.40. The van der Waals surface area contributed by atoms with Gasteiger partial charge in [0.2, 0.25) is 5.95 Å². The minimum Gasteiger partial charge on any atom is -0.353 e. The van der Waals surface area contributed by atoms with E-state index in [1.165, 1.54) is 0 Å². The molecule has 1 heterocycles. The second-order valence-electron chi connectivity index (χ2n) is 5.29. The SMILES string of the molecule is Cc1cc2nc(NC(C)C)n(C(C)C)c2cc1Cl. The van der Waals surface area contributed by atoms with Crippen LogP contribution in [0.2, 0.25) is 5.02 Å². The van der Waals surface area contributed by atoms with Crippen LogP contribution in [-0.4, -0.2) is 15.6 Å². The lowest BCUT2D eigenvalue weighted by atomic mass is 10.2. The summed E-state index contributed by atoms with van der Waals surface area (Å²) in [4.78, 5) is 4.67. The highest BCUT2D eigenvalue weighted by molar-refractivity contribution is 6.32. The maximum Gasteiger partial charge on any atom is 0.204 e. The molecule has 0 unspecified atom stereocenters. The Bertz CT molecular complexity index is 570. The monoisotopic (exact) mass is 265 g/mol. The molecule has 1 N–H and O–H groups in total. The molecule has 1 aromatic heterocycles. The fourth-order valence-electron chi connectivity index (χ4n) is 2.10. The molecule has 18 heavy (non-hydrogen) atoms. The lowest BCUT2D eigenvalue weighted by molar-refractivity contribution is 0.618. The molecule has 0 bridgehead atoms. The average Bonchev–Trinajstić information content (AvgIpc) is 2.55. The molecule has 0 atom stereocenters. The fourth-order valence-corrected chi connectivity index (χ4v) is 2.26. The number of aromatic nitrogens is 2. The Morgan fingerprint density at radius 1 is 1.22 bits per heavy atom. The van der Waals surface area contributed by atoms with E-state index in [-0.39, 0.29) is 0 Å². The second-order valence-corrected chi connectivity index (χ2v) is 5.70. The van der Waals surface area contributed by atoms with Gasteiger partial charge in [-0.15, -0.1) is 0 Å². The molecule has 0 aliphatic heterocycles. The van der Waals surface area contributed by atoms with Crippen LogP contribution in [0.25, 0.3) is 11.0 Å². The number of halogens is 1. The van der Waals surface area contributed by atoms with Crippen LogP contribution >= 0.6 is 11.6 Å². The highest BCUT2D eigenvalue weighted by atomic mass is 35.5. The van der Waals surface area contributed by atoms with Gasteiger partial charge in [0.15, 0.2) is 0 Å². The summed E-state index contributed by atoms with van der Waals surface area (Å²) in [5, 5.41) is 4.18. The molecule has 0 amide bonds. The van der Waals surface area contributed by atoms with Crippen LogP contribution < -0.4 is 5.32 Å². The Labute approximate surface area is 113 Å². The average molecular weight is 266 g/mol. The second kappa shape index (κ2) is 4.81. The molecule has 0 saturated heterocycles. The van der Waals surface area contributed by atoms with E-state index >= 15 is 0 Å². The van der Waals surface area contributed by atoms with Crippen LogP contribution in [0, 0.1) is 6.92 Å². The number of rotatable bonds is 3. The predicted molar refractivity (Wildman–Crippen MR) is 78.6 cm³/mol. The quantitative estimate of drug-likeness (QED) is 0.891. The minimum atomic E-state index is 0.343. The van der Waals surface area contributed by atoms with Crippen molar-refractivity contribution in [3.8, 4) is 0 Å². The van der Waals surface area contributed by atoms with Crippen molar-refractivity contribution in [1.29, 1.82) is 0 Å². The zero-order valence-electron chi connectivity index (χ0n) is 11.6. The lowest BCUT2D eigenvalue weighted by Gasteiger charge is -2.16. The van der Waals surface area contributed by atoms with Gasteiger partial charge in [-0.05, 0) is 52.3 Å². The van der Waals surface area contributed by atoms with Gasteiger partial charge in [-0.3, -0.25) is 0 Å². The number of benzene rings is 1. The minimum absolute atomic E-state index is 0.343. The molecule has 0 saturated carbocycles. The first-order valence-corrected chi connectivity index (χ1v) is 6.72. The van der Waals surface area contributed by atoms with Crippen molar-refractivity contribution in [2.75, 3.05) is 5.32 Å². The number of anilines is 1. The summed E-state index contributed by atoms with van der Waals surface area (Å²) in [6.07, 6.45) is 0. The summed E-state index contributed by atoms with van der Waals surface area (Å²) < 4.78 is 2.20. The summed E-state index contributed by atoms with van der Waals surface area (Å²) in [5.74, 6) is 0.914. The number of nitrogens with one attached hydrogen (secondary N) is 1. The highest BCUT2D eigenvalue weighted by Crippen LogP contribution is 2.29. The van der Waals surface area contributed by atoms with Gasteiger partial charge >= 0.3 is 0 Å². The number of aryl methyl sites for hydroxylation is 1. The molecule has 0 aliphatic carbocycles. The van der Waals surface area contributed by atoms with Crippen LogP contribution in [0.15, 0.2) is 12.1 Å². The van der Waals surface area contributed by atoms with Crippen molar-refractivity contribution in [1.82, 2.24) is 9.55 Å². The summed E-state index contributed by atoms with van der Waals surface area (Å²) in [7, 11) is 0. The zero-order valence-corrected chi connectivity index (χ0v) is 12.3. The molecule has 2 aromatic rings. The van der Waals surface area contributed by atoms with Crippen LogP contribution in [0.4, 0.5) is 5.95 Å². The molecule has 4 heteroatoms. The van der Waals surface area contributed by atoms with Gasteiger partial charge < -0.3 is 9.88 Å². The Hall–Kier alpha value is -1.22. The maximum atomic E-state index is 6.22. The maximum absolute atomic E-state index is 6.22. The smallest absolute Gasteiger partial charge is 0.204 e. The van der Waals surface area contributed by atoms with Crippen LogP contribution in [0.5, 0.6) is 0 Å². The van der Waals surface area contributed by atoms with E-state index in [9.17, 15) is 0 Å². The van der Waals surface area contributed by atoms with Gasteiger partial charge in [0.05, 0.1) is 11.0 Å². The molecule has 0 spiro atoms. The van der Waals surface area contributed by atoms with Crippen molar-refractivity contribution in [3.05, 3.63) is 22.7 Å². The Morgan fingerprint density at radius 2 is 1.89 bits per heavy atom. The predicted octanol–water partition coefficient (Wildman–Crippen LogP) is 4.40. The van der Waals surface area contributed by atoms with Crippen molar-refractivity contribution in [2.24, 2.45) is 0 Å². The third-order valence-electron chi connectivity index (χ3n) is 2.90. The van der Waals surface area contributed by atoms with Gasteiger partial charge in [0, 0.05) is 17.1 Å². The molecule has 2 rings (SSSR count). The zero-order chi connectivity index (χ0) is 13.4. The number of hydrogen-bond acceptors (Lipinski definition) is 2. The van der Waals surface area contributed by atoms with Crippen molar-refractivity contribution in [3.63, 3.8) is 0 Å². The normalized spacial score (nSPS) is 11.8. The van der Waals surface area contributed by atoms with E-state index in [0.29, 0.717) is 12.1 Å². The van der Waals surface area contributed by atoms with E-state index in [0.717, 1.165) is 27.6 Å². The Morgan fingerprint density at radius 3 is 2.44 bits per heavy atom. The summed E-state index contributed by atoms with van der Waals surface area (Å²) in [6, 6.07) is 4.75. The standard InChI is InChI=1S/C14H20ClN3/c1-8(2)16-14-17-12-6-10(5)11(15)7-13(12)18(14)9(3)4/h6-9H,1-5H3,(H,16,17). The summed E-state index contributed by atoms with van der Waals surface area (Å²) in [5.41, 5.74) is 3.14. The molecular formula is C14H20ClN3. The number of nitrogens with zero attached hydrogens (tertiary/aromatic N) is 2. The molecule has 0 radical (unpaired) electrons. The summed E-state index contributed by atoms with van der Waals surface area (Å²) >= 11 is 6.22. The molecule has 98 valence electrons. The van der Waals surface area contributed by atoms with E-state index in [1.54, 1.807) is 0 Å². The van der Waals surface area contributed by atoms with Crippen LogP contribution in [0.3, 0.4) is 0 Å². The topological polar surface area (TPSA) is 29.9 Å². The molecule has 0 aliphatic rings. The number of imidazole rings is 1. The van der Waals surface area contributed by atoms with Gasteiger partial charge in [-0.25, -0.2) is 4.98 Å². The van der Waals surface area contributed by atoms with Gasteiger partial charge in [0.25, 0.3) is 0 Å². The first-order valence-electron chi connectivity index (χ1n) is 6.34. The molecule has 1 aromatic carbocycles. The first kappa shape index (κ1) is 13.2. The van der Waals surface area contributed by atoms with E-state index in [1.807, 2.05) is 19.1 Å². The van der Waals surface area contributed by atoms with Gasteiger partial charge in [-0.2, -0.15) is 0 Å². The van der Waals surface area contributed by atoms with Crippen molar-refractivity contribution in [2.45, 2.75) is 46.7 Å². The van der Waals surface area contributed by atoms with Crippen LogP contribution in [-0.2, 0) is 0 Å². The molecular weight excluding hydrogens is 246 g/mol. The molecule has 3 nitrogen and oxygen atoms in total. The van der Waals surface area contributed by atoms with Crippen LogP contribution in [0.1, 0.15) is 39.3 Å². The van der Waals surface area contributed by atoms with Crippen molar-refractivity contribution >= 4 is 28.6 Å². The molecule has 0 fully saturated rings. The van der Waals surface area contributed by atoms with E-state index < -0.39 is 0 Å². The van der Waals surface area contributed by atoms with E-state index in [2.05, 4.69) is 42.6 Å². The fraction of sp³-hybridized carbons (Fsp3) is 0.500. The van der Waals surface area contributed by atoms with Gasteiger partial charge in [-0.1, -0.05) is 11.6 Å². The Balaban J connectivity index is 2.67. The van der Waals surface area contributed by atoms with Crippen molar-refractivity contribution < 1.29 is 0 Å². The third kappa shape index (κ3) is 2.32. The lowest BCUT2D eigenvalue weighted by Crippen LogP contribution is -2.15. The highest BCUT2D eigenvalue weighted by Gasteiger charge is 2.15. The van der Waals surface area contributed by atoms with Gasteiger partial charge in [0.1, 0.15) is 0 Å². The van der Waals surface area contributed by atoms with E-state index in [4.69, 9.17) is 11.6 Å². The largest absolute Gasteiger partial charge is 0.353 e. The third-order valence-corrected chi connectivity index (χ3v) is 3.31.